The van der Waals surface area contributed by atoms with Crippen molar-refractivity contribution >= 4 is 11.9 Å². The number of nitrogens with zero attached hydrogens (tertiary/aromatic N) is 3. The van der Waals surface area contributed by atoms with Gasteiger partial charge in [0.15, 0.2) is 0 Å². The number of halogens is 3. The number of nitrogen functional groups attached to an aromatic ring is 1. The third-order valence-corrected chi connectivity index (χ3v) is 5.34. The Balaban J connectivity index is 1.63. The summed E-state index contributed by atoms with van der Waals surface area (Å²) in [7, 11) is 0. The van der Waals surface area contributed by atoms with Gasteiger partial charge in [0.05, 0.1) is 11.9 Å². The molecule has 0 amide bonds. The summed E-state index contributed by atoms with van der Waals surface area (Å²) < 4.78 is 53.7. The average Bonchev–Trinajstić information content (AvgIpc) is 2.88. The molecule has 0 spiro atoms. The second kappa shape index (κ2) is 11.1. The van der Waals surface area contributed by atoms with Crippen molar-refractivity contribution in [2.75, 3.05) is 5.73 Å². The number of rotatable bonds is 9. The summed E-state index contributed by atoms with van der Waals surface area (Å²) in [4.78, 5) is 22.8. The first-order valence-electron chi connectivity index (χ1n) is 11.2. The number of hydrogen-bond donors (Lipinski definition) is 3. The van der Waals surface area contributed by atoms with Gasteiger partial charge >= 0.3 is 12.1 Å². The second-order valence-corrected chi connectivity index (χ2v) is 8.16. The summed E-state index contributed by atoms with van der Waals surface area (Å²) in [5, 5.41) is 8.98. The van der Waals surface area contributed by atoms with Crippen LogP contribution in [-0.4, -0.2) is 38.2 Å². The fraction of sp³-hybridized carbons (Fsp3) is 0.154. The number of carboxylic acids is 1. The lowest BCUT2D eigenvalue weighted by Crippen LogP contribution is -2.32. The Morgan fingerprint density at radius 2 is 1.76 bits per heavy atom. The van der Waals surface area contributed by atoms with Crippen molar-refractivity contribution in [3.05, 3.63) is 90.3 Å². The van der Waals surface area contributed by atoms with Gasteiger partial charge in [0.25, 0.3) is 0 Å². The highest BCUT2D eigenvalue weighted by Crippen LogP contribution is 2.41. The molecule has 0 aliphatic rings. The van der Waals surface area contributed by atoms with Crippen LogP contribution >= 0.6 is 0 Å². The molecule has 0 bridgehead atoms. The van der Waals surface area contributed by atoms with Gasteiger partial charge in [-0.3, -0.25) is 9.78 Å². The predicted molar refractivity (Wildman–Crippen MR) is 131 cm³/mol. The maximum Gasteiger partial charge on any atom is 0.429 e. The Morgan fingerprint density at radius 3 is 2.42 bits per heavy atom. The van der Waals surface area contributed by atoms with E-state index in [0.717, 1.165) is 0 Å². The molecule has 4 aromatic rings. The highest BCUT2D eigenvalue weighted by Gasteiger charge is 2.45. The van der Waals surface area contributed by atoms with Crippen LogP contribution in [0.4, 0.5) is 19.1 Å². The van der Waals surface area contributed by atoms with E-state index < -0.39 is 30.2 Å². The van der Waals surface area contributed by atoms with Crippen LogP contribution in [0.15, 0.2) is 79.1 Å². The Labute approximate surface area is 214 Å². The SMILES string of the molecule is Nc1nc(OC(c2ccccc2Oc2cccnc2)C(F)(F)F)cc(-c2ccc(C[C@H](N)C(=O)O)cc2)n1. The van der Waals surface area contributed by atoms with Gasteiger partial charge < -0.3 is 26.0 Å². The first-order chi connectivity index (χ1) is 18.1. The van der Waals surface area contributed by atoms with E-state index in [-0.39, 0.29) is 35.1 Å². The van der Waals surface area contributed by atoms with Gasteiger partial charge in [0, 0.05) is 23.4 Å². The number of hydrogen-bond acceptors (Lipinski definition) is 8. The van der Waals surface area contributed by atoms with Crippen LogP contribution in [0.25, 0.3) is 11.3 Å². The van der Waals surface area contributed by atoms with Gasteiger partial charge in [-0.1, -0.05) is 42.5 Å². The molecular weight excluding hydrogens is 503 g/mol. The summed E-state index contributed by atoms with van der Waals surface area (Å²) >= 11 is 0. The normalized spacial score (nSPS) is 12.9. The van der Waals surface area contributed by atoms with Crippen molar-refractivity contribution in [3.8, 4) is 28.6 Å². The molecule has 2 atom stereocenters. The summed E-state index contributed by atoms with van der Waals surface area (Å²) in [6, 6.07) is 15.4. The molecule has 1 unspecified atom stereocenters. The Morgan fingerprint density at radius 1 is 1.03 bits per heavy atom. The van der Waals surface area contributed by atoms with Gasteiger partial charge in [-0.25, -0.2) is 4.98 Å². The fourth-order valence-electron chi connectivity index (χ4n) is 3.56. The van der Waals surface area contributed by atoms with Crippen molar-refractivity contribution in [2.45, 2.75) is 24.7 Å². The molecule has 0 aliphatic heterocycles. The molecule has 196 valence electrons. The van der Waals surface area contributed by atoms with Crippen molar-refractivity contribution in [3.63, 3.8) is 0 Å². The maximum atomic E-state index is 14.2. The zero-order valence-electron chi connectivity index (χ0n) is 19.7. The minimum Gasteiger partial charge on any atom is -0.480 e. The molecule has 4 rings (SSSR count). The highest BCUT2D eigenvalue weighted by molar-refractivity contribution is 5.73. The minimum absolute atomic E-state index is 0.0692. The molecule has 2 aromatic heterocycles. The van der Waals surface area contributed by atoms with Crippen LogP contribution in [0.2, 0.25) is 0 Å². The Bertz CT molecular complexity index is 1400. The number of benzene rings is 2. The number of aliphatic carboxylic acids is 1. The lowest BCUT2D eigenvalue weighted by atomic mass is 10.0. The number of carbonyl (C=O) groups is 1. The molecule has 38 heavy (non-hydrogen) atoms. The minimum atomic E-state index is -4.83. The molecule has 12 heteroatoms. The van der Waals surface area contributed by atoms with Crippen LogP contribution in [0.3, 0.4) is 0 Å². The van der Waals surface area contributed by atoms with Crippen LogP contribution in [0.5, 0.6) is 17.4 Å². The average molecular weight is 525 g/mol. The van der Waals surface area contributed by atoms with Crippen LogP contribution in [0, 0.1) is 0 Å². The molecule has 0 fully saturated rings. The zero-order valence-corrected chi connectivity index (χ0v) is 19.7. The van der Waals surface area contributed by atoms with E-state index in [1.54, 1.807) is 36.4 Å². The van der Waals surface area contributed by atoms with Crippen LogP contribution in [-0.2, 0) is 11.2 Å². The topological polar surface area (TPSA) is 146 Å². The molecule has 9 nitrogen and oxygen atoms in total. The number of aromatic nitrogens is 3. The molecular formula is C26H22F3N5O4. The van der Waals surface area contributed by atoms with E-state index in [9.17, 15) is 18.0 Å². The fourth-order valence-corrected chi connectivity index (χ4v) is 3.56. The largest absolute Gasteiger partial charge is 0.480 e. The van der Waals surface area contributed by atoms with E-state index in [2.05, 4.69) is 15.0 Å². The first-order valence-corrected chi connectivity index (χ1v) is 11.2. The van der Waals surface area contributed by atoms with Gasteiger partial charge in [0.2, 0.25) is 17.9 Å². The van der Waals surface area contributed by atoms with E-state index in [1.165, 1.54) is 42.7 Å². The van der Waals surface area contributed by atoms with Gasteiger partial charge in [-0.15, -0.1) is 0 Å². The summed E-state index contributed by atoms with van der Waals surface area (Å²) in [6.45, 7) is 0. The first kappa shape index (κ1) is 26.4. The van der Waals surface area contributed by atoms with Crippen molar-refractivity contribution in [1.29, 1.82) is 0 Å². The number of carboxylic acid groups (broad SMARTS) is 1. The molecule has 0 aliphatic carbocycles. The standard InChI is InChI=1S/C26H22F3N5O4/c27-26(28,29)23(18-5-1-2-6-21(18)37-17-4-3-11-32-14-17)38-22-13-20(33-25(31)34-22)16-9-7-15(8-10-16)12-19(30)24(35)36/h1-11,13-14,19,23H,12,30H2,(H,35,36)(H2,31,33,34)/t19-,23?/m0/s1. The maximum absolute atomic E-state index is 14.2. The second-order valence-electron chi connectivity index (χ2n) is 8.16. The third kappa shape index (κ3) is 6.53. The molecule has 0 saturated heterocycles. The van der Waals surface area contributed by atoms with E-state index in [4.69, 9.17) is 26.0 Å². The zero-order chi connectivity index (χ0) is 27.3. The van der Waals surface area contributed by atoms with Gasteiger partial charge in [-0.2, -0.15) is 18.2 Å². The van der Waals surface area contributed by atoms with Gasteiger partial charge in [-0.05, 0) is 30.2 Å². The number of para-hydroxylation sites is 1. The lowest BCUT2D eigenvalue weighted by molar-refractivity contribution is -0.199. The monoisotopic (exact) mass is 525 g/mol. The Kier molecular flexibility index (Phi) is 7.72. The summed E-state index contributed by atoms with van der Waals surface area (Å²) in [6.07, 6.45) is -4.28. The predicted octanol–water partition coefficient (Wildman–Crippen LogP) is 4.55. The van der Waals surface area contributed by atoms with Crippen LogP contribution in [0.1, 0.15) is 17.2 Å². The molecule has 5 N–H and O–H groups in total. The third-order valence-electron chi connectivity index (χ3n) is 5.34. The number of pyridine rings is 1. The molecule has 0 radical (unpaired) electrons. The van der Waals surface area contributed by atoms with Crippen molar-refractivity contribution < 1.29 is 32.5 Å². The van der Waals surface area contributed by atoms with Gasteiger partial charge in [0.1, 0.15) is 17.5 Å². The lowest BCUT2D eigenvalue weighted by Gasteiger charge is -2.23. The van der Waals surface area contributed by atoms with E-state index in [0.29, 0.717) is 11.1 Å². The number of anilines is 1. The quantitative estimate of drug-likeness (QED) is 0.286. The van der Waals surface area contributed by atoms with E-state index in [1.807, 2.05) is 0 Å². The molecule has 2 heterocycles. The smallest absolute Gasteiger partial charge is 0.429 e. The van der Waals surface area contributed by atoms with Crippen molar-refractivity contribution in [2.24, 2.45) is 5.73 Å². The molecule has 2 aromatic carbocycles. The number of ether oxygens (including phenoxy) is 2. The van der Waals surface area contributed by atoms with Crippen LogP contribution < -0.4 is 20.9 Å². The Hall–Kier alpha value is -4.71. The van der Waals surface area contributed by atoms with E-state index >= 15 is 0 Å². The number of alkyl halides is 3. The number of nitrogens with two attached hydrogens (primary N) is 2. The summed E-state index contributed by atoms with van der Waals surface area (Å²) in [5.41, 5.74) is 12.4. The highest BCUT2D eigenvalue weighted by atomic mass is 19.4. The summed E-state index contributed by atoms with van der Waals surface area (Å²) in [5.74, 6) is -1.65. The molecule has 0 saturated carbocycles. The van der Waals surface area contributed by atoms with Crippen molar-refractivity contribution in [1.82, 2.24) is 15.0 Å².